The van der Waals surface area contributed by atoms with Gasteiger partial charge in [0.25, 0.3) is 0 Å². The van der Waals surface area contributed by atoms with Crippen molar-refractivity contribution in [3.63, 3.8) is 0 Å². The van der Waals surface area contributed by atoms with Gasteiger partial charge >= 0.3 is 0 Å². The molecule has 0 saturated carbocycles. The standard InChI is InChI=1S/C32H28ClNO7/c1-14-5-6-16(10-22(14)33)34-31(38)19-8-7-18-20(26(19)32(34)39)13-21-27(23(36)9-15(2)30(21)37)28(18)29-24(40-3)11-17(35)12-25(29)41-4/h5-7,9-12,19-20,26,28,35H,8,13H2,1-4H3/t19-,20+,26-,28-/m0/s1. The monoisotopic (exact) mass is 573 g/mol. The third-order valence-electron chi connectivity index (χ3n) is 8.79. The molecule has 0 aromatic heterocycles. The van der Waals surface area contributed by atoms with Gasteiger partial charge in [-0.2, -0.15) is 0 Å². The van der Waals surface area contributed by atoms with Gasteiger partial charge in [0.15, 0.2) is 11.6 Å². The number of hydrogen-bond donors (Lipinski definition) is 1. The number of hydrogen-bond acceptors (Lipinski definition) is 7. The number of imide groups is 1. The number of phenols is 1. The number of methoxy groups -OCH3 is 2. The van der Waals surface area contributed by atoms with E-state index in [0.717, 1.165) is 11.1 Å². The largest absolute Gasteiger partial charge is 0.508 e. The van der Waals surface area contributed by atoms with Crippen LogP contribution in [0.15, 0.2) is 64.8 Å². The lowest BCUT2D eigenvalue weighted by atomic mass is 9.59. The van der Waals surface area contributed by atoms with Crippen LogP contribution in [0.25, 0.3) is 0 Å². The van der Waals surface area contributed by atoms with Crippen LogP contribution in [-0.4, -0.2) is 42.7 Å². The second-order valence-electron chi connectivity index (χ2n) is 10.9. The zero-order valence-electron chi connectivity index (χ0n) is 23.0. The lowest BCUT2D eigenvalue weighted by molar-refractivity contribution is -0.123. The van der Waals surface area contributed by atoms with Gasteiger partial charge in [-0.05, 0) is 56.4 Å². The number of halogens is 1. The maximum Gasteiger partial charge on any atom is 0.238 e. The Morgan fingerprint density at radius 1 is 0.951 bits per heavy atom. The molecule has 210 valence electrons. The number of amides is 2. The molecule has 8 nitrogen and oxygen atoms in total. The van der Waals surface area contributed by atoms with Gasteiger partial charge in [0.05, 0.1) is 31.7 Å². The molecule has 1 saturated heterocycles. The Morgan fingerprint density at radius 2 is 1.63 bits per heavy atom. The van der Waals surface area contributed by atoms with E-state index in [2.05, 4.69) is 0 Å². The molecule has 4 atom stereocenters. The lowest BCUT2D eigenvalue weighted by Crippen LogP contribution is -2.40. The van der Waals surface area contributed by atoms with E-state index in [1.54, 1.807) is 25.1 Å². The minimum atomic E-state index is -0.776. The summed E-state index contributed by atoms with van der Waals surface area (Å²) in [6, 6.07) is 7.94. The number of benzene rings is 2. The highest BCUT2D eigenvalue weighted by atomic mass is 35.5. The number of allylic oxidation sites excluding steroid dienone is 6. The van der Waals surface area contributed by atoms with Gasteiger partial charge < -0.3 is 14.6 Å². The van der Waals surface area contributed by atoms with Gasteiger partial charge in [0.1, 0.15) is 17.2 Å². The summed E-state index contributed by atoms with van der Waals surface area (Å²) in [6.07, 6.45) is 3.70. The summed E-state index contributed by atoms with van der Waals surface area (Å²) >= 11 is 6.34. The van der Waals surface area contributed by atoms with Crippen LogP contribution in [0.5, 0.6) is 17.2 Å². The maximum absolute atomic E-state index is 14.1. The second-order valence-corrected chi connectivity index (χ2v) is 11.3. The first kappa shape index (κ1) is 27.0. The summed E-state index contributed by atoms with van der Waals surface area (Å²) in [5.41, 5.74) is 3.42. The fourth-order valence-corrected chi connectivity index (χ4v) is 7.07. The first-order valence-corrected chi connectivity index (χ1v) is 13.7. The summed E-state index contributed by atoms with van der Waals surface area (Å²) in [5.74, 6) is -3.42. The molecule has 2 amide bonds. The summed E-state index contributed by atoms with van der Waals surface area (Å²) < 4.78 is 11.3. The number of ketones is 2. The minimum Gasteiger partial charge on any atom is -0.508 e. The van der Waals surface area contributed by atoms with E-state index >= 15 is 0 Å². The quantitative estimate of drug-likeness (QED) is 0.311. The van der Waals surface area contributed by atoms with E-state index in [1.165, 1.54) is 37.3 Å². The number of nitrogens with zero attached hydrogens (tertiary/aromatic N) is 1. The number of anilines is 1. The van der Waals surface area contributed by atoms with Crippen molar-refractivity contribution >= 4 is 40.7 Å². The Hall–Kier alpha value is -4.17. The highest BCUT2D eigenvalue weighted by Gasteiger charge is 2.57. The molecule has 1 aliphatic heterocycles. The van der Waals surface area contributed by atoms with E-state index in [0.29, 0.717) is 33.0 Å². The van der Waals surface area contributed by atoms with Crippen LogP contribution >= 0.6 is 11.6 Å². The highest BCUT2D eigenvalue weighted by molar-refractivity contribution is 6.32. The van der Waals surface area contributed by atoms with Crippen LogP contribution in [0.3, 0.4) is 0 Å². The zero-order chi connectivity index (χ0) is 29.3. The van der Waals surface area contributed by atoms with Crippen molar-refractivity contribution < 1.29 is 33.8 Å². The Kier molecular flexibility index (Phi) is 6.41. The normalized spacial score (nSPS) is 25.4. The average Bonchev–Trinajstić information content (AvgIpc) is 3.21. The van der Waals surface area contributed by atoms with Gasteiger partial charge in [0.2, 0.25) is 11.8 Å². The molecule has 4 aliphatic rings. The van der Waals surface area contributed by atoms with Gasteiger partial charge in [-0.15, -0.1) is 0 Å². The fraction of sp³-hybridized carbons (Fsp3) is 0.312. The summed E-state index contributed by atoms with van der Waals surface area (Å²) in [4.78, 5) is 56.1. The predicted octanol–water partition coefficient (Wildman–Crippen LogP) is 5.01. The van der Waals surface area contributed by atoms with E-state index in [4.69, 9.17) is 21.1 Å². The highest BCUT2D eigenvalue weighted by Crippen LogP contribution is 2.58. The van der Waals surface area contributed by atoms with Crippen molar-refractivity contribution in [2.75, 3.05) is 19.1 Å². The summed E-state index contributed by atoms with van der Waals surface area (Å²) in [5, 5.41) is 10.8. The van der Waals surface area contributed by atoms with Gasteiger partial charge in [-0.1, -0.05) is 29.3 Å². The van der Waals surface area contributed by atoms with Crippen molar-refractivity contribution in [1.29, 1.82) is 0 Å². The predicted molar refractivity (Wildman–Crippen MR) is 151 cm³/mol. The molecule has 0 unspecified atom stereocenters. The van der Waals surface area contributed by atoms with Crippen LogP contribution in [0.4, 0.5) is 5.69 Å². The SMILES string of the molecule is COc1cc(O)cc(OC)c1[C@H]1C2=CC[C@@H]3C(=O)N(c4ccc(C)c(Cl)c4)C(=O)[C@@H]3[C@@H]2CC2=C1C(=O)C=C(C)C2=O. The summed E-state index contributed by atoms with van der Waals surface area (Å²) in [6.45, 7) is 3.44. The van der Waals surface area contributed by atoms with E-state index in [1.807, 2.05) is 13.0 Å². The van der Waals surface area contributed by atoms with Crippen molar-refractivity contribution in [3.05, 3.63) is 80.9 Å². The molecule has 0 radical (unpaired) electrons. The van der Waals surface area contributed by atoms with Crippen LogP contribution < -0.4 is 14.4 Å². The van der Waals surface area contributed by atoms with Gasteiger partial charge in [-0.25, -0.2) is 4.90 Å². The Labute approximate surface area is 241 Å². The number of carbonyl (C=O) groups excluding carboxylic acids is 4. The number of fused-ring (bicyclic) bond motifs is 3. The number of aromatic hydroxyl groups is 1. The topological polar surface area (TPSA) is 110 Å². The molecule has 2 aromatic carbocycles. The van der Waals surface area contributed by atoms with Crippen LogP contribution in [0, 0.1) is 24.7 Å². The van der Waals surface area contributed by atoms with Gasteiger partial charge in [0, 0.05) is 45.4 Å². The van der Waals surface area contributed by atoms with Crippen molar-refractivity contribution in [2.24, 2.45) is 17.8 Å². The molecule has 9 heteroatoms. The second kappa shape index (κ2) is 9.73. The van der Waals surface area contributed by atoms with Gasteiger partial charge in [-0.3, -0.25) is 19.2 Å². The summed E-state index contributed by atoms with van der Waals surface area (Å²) in [7, 11) is 2.89. The van der Waals surface area contributed by atoms with Crippen molar-refractivity contribution in [2.45, 2.75) is 32.6 Å². The number of rotatable bonds is 4. The minimum absolute atomic E-state index is 0.0903. The molecular weight excluding hydrogens is 546 g/mol. The molecular formula is C32H28ClNO7. The Morgan fingerprint density at radius 3 is 2.27 bits per heavy atom. The first-order valence-electron chi connectivity index (χ1n) is 13.4. The average molecular weight is 574 g/mol. The number of aryl methyl sites for hydroxylation is 1. The van der Waals surface area contributed by atoms with Crippen molar-refractivity contribution in [3.8, 4) is 17.2 Å². The molecule has 6 rings (SSSR count). The first-order chi connectivity index (χ1) is 19.6. The molecule has 3 aliphatic carbocycles. The molecule has 0 bridgehead atoms. The Balaban J connectivity index is 1.54. The van der Waals surface area contributed by atoms with Crippen molar-refractivity contribution in [1.82, 2.24) is 0 Å². The molecule has 1 heterocycles. The number of ether oxygens (including phenoxy) is 2. The smallest absolute Gasteiger partial charge is 0.238 e. The van der Waals surface area contributed by atoms with Crippen LogP contribution in [0.1, 0.15) is 36.8 Å². The third-order valence-corrected chi connectivity index (χ3v) is 9.20. The fourth-order valence-electron chi connectivity index (χ4n) is 6.90. The van der Waals surface area contributed by atoms with E-state index < -0.39 is 23.7 Å². The van der Waals surface area contributed by atoms with Crippen LogP contribution in [-0.2, 0) is 19.2 Å². The number of Topliss-reactive ketones (excluding diaryl/α,β-unsaturated/α-hetero) is 1. The molecule has 41 heavy (non-hydrogen) atoms. The van der Waals surface area contributed by atoms with E-state index in [9.17, 15) is 24.3 Å². The van der Waals surface area contributed by atoms with Crippen LogP contribution in [0.2, 0.25) is 5.02 Å². The molecule has 1 fully saturated rings. The zero-order valence-corrected chi connectivity index (χ0v) is 23.7. The molecule has 1 N–H and O–H groups in total. The number of phenolic OH excluding ortho intramolecular Hbond substituents is 1. The van der Waals surface area contributed by atoms with E-state index in [-0.39, 0.29) is 53.5 Å². The Bertz CT molecular complexity index is 1640. The third kappa shape index (κ3) is 3.95. The molecule has 2 aromatic rings. The molecule has 0 spiro atoms. The number of carbonyl (C=O) groups is 4. The lowest BCUT2D eigenvalue weighted by Gasteiger charge is -2.42. The maximum atomic E-state index is 14.1.